The van der Waals surface area contributed by atoms with Crippen LogP contribution >= 0.6 is 0 Å². The van der Waals surface area contributed by atoms with Gasteiger partial charge in [-0.1, -0.05) is 6.92 Å². The summed E-state index contributed by atoms with van der Waals surface area (Å²) in [6.07, 6.45) is 4.66. The van der Waals surface area contributed by atoms with Crippen LogP contribution in [0.4, 0.5) is 0 Å². The molecule has 2 atom stereocenters. The second-order valence-electron chi connectivity index (χ2n) is 5.24. The zero-order valence-corrected chi connectivity index (χ0v) is 13.7. The largest absolute Gasteiger partial charge is 0.497 e. The molecule has 0 aliphatic carbocycles. The van der Waals surface area contributed by atoms with Crippen molar-refractivity contribution in [2.75, 3.05) is 14.2 Å². The molecule has 22 heavy (non-hydrogen) atoms. The Morgan fingerprint density at radius 1 is 1.09 bits per heavy atom. The van der Waals surface area contributed by atoms with Crippen LogP contribution in [-0.4, -0.2) is 19.2 Å². The van der Waals surface area contributed by atoms with E-state index in [1.54, 1.807) is 14.2 Å². The minimum Gasteiger partial charge on any atom is -0.497 e. The van der Waals surface area contributed by atoms with Crippen LogP contribution in [0, 0.1) is 0 Å². The molecular weight excluding hydrogens is 276 g/mol. The summed E-state index contributed by atoms with van der Waals surface area (Å²) in [6, 6.07) is 10.4. The van der Waals surface area contributed by atoms with Crippen LogP contribution in [0.1, 0.15) is 43.5 Å². The summed E-state index contributed by atoms with van der Waals surface area (Å²) in [5, 5.41) is 3.66. The van der Waals surface area contributed by atoms with E-state index in [2.05, 4.69) is 36.3 Å². The highest BCUT2D eigenvalue weighted by atomic mass is 16.5. The maximum absolute atomic E-state index is 5.48. The Bertz CT molecular complexity index is 587. The standard InChI is InChI=1S/C18H24N2O2/c1-5-17(14-8-10-19-11-9-14)20-13(2)16-12-15(21-3)6-7-18(16)22-4/h6-13,17,20H,5H2,1-4H3/t13-,17-/m0/s1. The fourth-order valence-corrected chi connectivity index (χ4v) is 2.61. The van der Waals surface area contributed by atoms with Gasteiger partial charge in [0, 0.05) is 30.0 Å². The molecule has 0 spiro atoms. The van der Waals surface area contributed by atoms with E-state index in [0.717, 1.165) is 23.5 Å². The first-order valence-electron chi connectivity index (χ1n) is 7.57. The number of ether oxygens (including phenoxy) is 2. The molecule has 0 fully saturated rings. The van der Waals surface area contributed by atoms with Gasteiger partial charge in [0.15, 0.2) is 0 Å². The zero-order chi connectivity index (χ0) is 15.9. The van der Waals surface area contributed by atoms with Crippen LogP contribution in [-0.2, 0) is 0 Å². The molecule has 2 rings (SSSR count). The van der Waals surface area contributed by atoms with Crippen molar-refractivity contribution in [2.24, 2.45) is 0 Å². The summed E-state index contributed by atoms with van der Waals surface area (Å²) in [5.74, 6) is 1.70. The highest BCUT2D eigenvalue weighted by Crippen LogP contribution is 2.31. The molecule has 118 valence electrons. The van der Waals surface area contributed by atoms with Crippen molar-refractivity contribution in [2.45, 2.75) is 32.4 Å². The van der Waals surface area contributed by atoms with Crippen molar-refractivity contribution in [3.05, 3.63) is 53.9 Å². The average molecular weight is 300 g/mol. The highest BCUT2D eigenvalue weighted by Gasteiger charge is 2.17. The summed E-state index contributed by atoms with van der Waals surface area (Å²) < 4.78 is 10.8. The van der Waals surface area contributed by atoms with E-state index in [0.29, 0.717) is 0 Å². The molecular formula is C18H24N2O2. The average Bonchev–Trinajstić information content (AvgIpc) is 2.59. The number of pyridine rings is 1. The van der Waals surface area contributed by atoms with E-state index in [4.69, 9.17) is 9.47 Å². The van der Waals surface area contributed by atoms with Crippen LogP contribution in [0.15, 0.2) is 42.7 Å². The minimum atomic E-state index is 0.142. The number of rotatable bonds is 7. The van der Waals surface area contributed by atoms with E-state index in [9.17, 15) is 0 Å². The fraction of sp³-hybridized carbons (Fsp3) is 0.389. The number of benzene rings is 1. The Morgan fingerprint density at radius 2 is 1.82 bits per heavy atom. The molecule has 0 saturated carbocycles. The molecule has 0 unspecified atom stereocenters. The SMILES string of the molecule is CC[C@H](N[C@@H](C)c1cc(OC)ccc1OC)c1ccncc1. The molecule has 1 heterocycles. The van der Waals surface area contributed by atoms with Crippen molar-refractivity contribution in [3.63, 3.8) is 0 Å². The van der Waals surface area contributed by atoms with Crippen molar-refractivity contribution >= 4 is 0 Å². The van der Waals surface area contributed by atoms with Gasteiger partial charge in [-0.15, -0.1) is 0 Å². The molecule has 0 aliphatic heterocycles. The van der Waals surface area contributed by atoms with Crippen molar-refractivity contribution in [3.8, 4) is 11.5 Å². The lowest BCUT2D eigenvalue weighted by Crippen LogP contribution is -2.24. The van der Waals surface area contributed by atoms with Gasteiger partial charge in [0.2, 0.25) is 0 Å². The highest BCUT2D eigenvalue weighted by molar-refractivity contribution is 5.42. The monoisotopic (exact) mass is 300 g/mol. The molecule has 0 bridgehead atoms. The maximum Gasteiger partial charge on any atom is 0.123 e. The second-order valence-corrected chi connectivity index (χ2v) is 5.24. The third-order valence-corrected chi connectivity index (χ3v) is 3.87. The lowest BCUT2D eigenvalue weighted by atomic mass is 10.0. The molecule has 2 aromatic rings. The van der Waals surface area contributed by atoms with Crippen LogP contribution in [0.3, 0.4) is 0 Å². The van der Waals surface area contributed by atoms with E-state index in [1.165, 1.54) is 5.56 Å². The summed E-state index contributed by atoms with van der Waals surface area (Å²) in [5.41, 5.74) is 2.33. The summed E-state index contributed by atoms with van der Waals surface area (Å²) in [6.45, 7) is 4.31. The van der Waals surface area contributed by atoms with Crippen LogP contribution in [0.5, 0.6) is 11.5 Å². The molecule has 1 aromatic carbocycles. The number of hydrogen-bond donors (Lipinski definition) is 1. The molecule has 0 saturated heterocycles. The minimum absolute atomic E-state index is 0.142. The van der Waals surface area contributed by atoms with Crippen molar-refractivity contribution in [1.29, 1.82) is 0 Å². The Balaban J connectivity index is 2.22. The molecule has 4 heteroatoms. The fourth-order valence-electron chi connectivity index (χ4n) is 2.61. The van der Waals surface area contributed by atoms with E-state index in [-0.39, 0.29) is 12.1 Å². The molecule has 4 nitrogen and oxygen atoms in total. The topological polar surface area (TPSA) is 43.4 Å². The number of hydrogen-bond acceptors (Lipinski definition) is 4. The first-order chi connectivity index (χ1) is 10.7. The van der Waals surface area contributed by atoms with Crippen LogP contribution in [0.25, 0.3) is 0 Å². The lowest BCUT2D eigenvalue weighted by molar-refractivity contribution is 0.383. The number of nitrogens with one attached hydrogen (secondary N) is 1. The summed E-state index contributed by atoms with van der Waals surface area (Å²) >= 11 is 0. The van der Waals surface area contributed by atoms with Gasteiger partial charge in [-0.05, 0) is 49.2 Å². The van der Waals surface area contributed by atoms with Crippen molar-refractivity contribution < 1.29 is 9.47 Å². The normalized spacial score (nSPS) is 13.5. The summed E-state index contributed by atoms with van der Waals surface area (Å²) in [7, 11) is 3.37. The van der Waals surface area contributed by atoms with Gasteiger partial charge in [0.05, 0.1) is 14.2 Å². The van der Waals surface area contributed by atoms with Gasteiger partial charge < -0.3 is 14.8 Å². The smallest absolute Gasteiger partial charge is 0.123 e. The summed E-state index contributed by atoms with van der Waals surface area (Å²) in [4.78, 5) is 4.09. The number of aromatic nitrogens is 1. The van der Waals surface area contributed by atoms with Crippen LogP contribution in [0.2, 0.25) is 0 Å². The van der Waals surface area contributed by atoms with Gasteiger partial charge in [0.1, 0.15) is 11.5 Å². The number of methoxy groups -OCH3 is 2. The predicted molar refractivity (Wildman–Crippen MR) is 88.4 cm³/mol. The maximum atomic E-state index is 5.48. The van der Waals surface area contributed by atoms with E-state index >= 15 is 0 Å². The van der Waals surface area contributed by atoms with E-state index in [1.807, 2.05) is 30.6 Å². The first kappa shape index (κ1) is 16.3. The quantitative estimate of drug-likeness (QED) is 0.842. The van der Waals surface area contributed by atoms with Gasteiger partial charge >= 0.3 is 0 Å². The third kappa shape index (κ3) is 3.77. The Kier molecular flexibility index (Phi) is 5.78. The first-order valence-corrected chi connectivity index (χ1v) is 7.57. The van der Waals surface area contributed by atoms with Gasteiger partial charge in [-0.3, -0.25) is 4.98 Å². The molecule has 0 radical (unpaired) electrons. The Morgan fingerprint density at radius 3 is 2.41 bits per heavy atom. The molecule has 0 aliphatic rings. The van der Waals surface area contributed by atoms with E-state index < -0.39 is 0 Å². The lowest BCUT2D eigenvalue weighted by Gasteiger charge is -2.24. The molecule has 1 N–H and O–H groups in total. The molecule has 1 aromatic heterocycles. The Hall–Kier alpha value is -2.07. The predicted octanol–water partition coefficient (Wildman–Crippen LogP) is 3.90. The molecule has 0 amide bonds. The van der Waals surface area contributed by atoms with Gasteiger partial charge in [-0.25, -0.2) is 0 Å². The van der Waals surface area contributed by atoms with Crippen molar-refractivity contribution in [1.82, 2.24) is 10.3 Å². The van der Waals surface area contributed by atoms with Gasteiger partial charge in [-0.2, -0.15) is 0 Å². The third-order valence-electron chi connectivity index (χ3n) is 3.87. The van der Waals surface area contributed by atoms with Gasteiger partial charge in [0.25, 0.3) is 0 Å². The van der Waals surface area contributed by atoms with Crippen LogP contribution < -0.4 is 14.8 Å². The zero-order valence-electron chi connectivity index (χ0n) is 13.7. The number of nitrogens with zero attached hydrogens (tertiary/aromatic N) is 1. The Labute approximate surface area is 132 Å². The second kappa shape index (κ2) is 7.80.